The molecule has 1 saturated carbocycles. The lowest BCUT2D eigenvalue weighted by Gasteiger charge is -2.19. The molecule has 1 saturated heterocycles. The smallest absolute Gasteiger partial charge is 0.326 e. The summed E-state index contributed by atoms with van der Waals surface area (Å²) in [5.41, 5.74) is 0.807. The van der Waals surface area contributed by atoms with Crippen molar-refractivity contribution in [1.82, 2.24) is 10.2 Å². The zero-order valence-corrected chi connectivity index (χ0v) is 16.7. The van der Waals surface area contributed by atoms with Crippen molar-refractivity contribution < 1.29 is 33.4 Å². The van der Waals surface area contributed by atoms with E-state index in [0.29, 0.717) is 24.3 Å². The molecule has 9 nitrogen and oxygen atoms in total. The maximum Gasteiger partial charge on any atom is 0.326 e. The Hall–Kier alpha value is -3.10. The molecule has 1 aromatic rings. The third-order valence-corrected chi connectivity index (χ3v) is 5.80. The number of rotatable bonds is 6. The number of carbonyl (C=O) groups excluding carboxylic acids is 4. The molecular weight excluding hydrogens is 392 g/mol. The lowest BCUT2D eigenvalue weighted by Crippen LogP contribution is -2.40. The van der Waals surface area contributed by atoms with E-state index in [1.165, 1.54) is 6.92 Å². The second kappa shape index (κ2) is 8.33. The van der Waals surface area contributed by atoms with Crippen LogP contribution in [0.1, 0.15) is 38.2 Å². The Morgan fingerprint density at radius 3 is 2.50 bits per heavy atom. The summed E-state index contributed by atoms with van der Waals surface area (Å²) in [4.78, 5) is 50.4. The molecule has 2 fully saturated rings. The van der Waals surface area contributed by atoms with Crippen molar-refractivity contribution in [1.29, 1.82) is 0 Å². The number of nitrogens with zero attached hydrogens (tertiary/aromatic N) is 1. The number of hydrogen-bond acceptors (Lipinski definition) is 7. The van der Waals surface area contributed by atoms with Crippen molar-refractivity contribution in [3.05, 3.63) is 23.8 Å². The van der Waals surface area contributed by atoms with Gasteiger partial charge in [0.2, 0.25) is 18.6 Å². The highest BCUT2D eigenvalue weighted by atomic mass is 16.7. The van der Waals surface area contributed by atoms with Crippen LogP contribution in [0.25, 0.3) is 0 Å². The van der Waals surface area contributed by atoms with Crippen LogP contribution in [0.3, 0.4) is 0 Å². The highest BCUT2D eigenvalue weighted by molar-refractivity contribution is 6.07. The molecule has 0 aromatic heterocycles. The molecule has 3 aliphatic rings. The molecule has 2 aliphatic heterocycles. The molecule has 1 aromatic carbocycles. The maximum absolute atomic E-state index is 12.4. The van der Waals surface area contributed by atoms with Crippen LogP contribution in [0.5, 0.6) is 11.5 Å². The third-order valence-electron chi connectivity index (χ3n) is 5.80. The van der Waals surface area contributed by atoms with E-state index in [1.54, 1.807) is 18.2 Å². The number of esters is 1. The summed E-state index contributed by atoms with van der Waals surface area (Å²) in [6.07, 6.45) is 2.14. The maximum atomic E-state index is 12.4. The number of ether oxygens (including phenoxy) is 3. The molecular formula is C21H24N2O7. The molecule has 3 amide bonds. The molecule has 0 spiro atoms. The average Bonchev–Trinajstić information content (AvgIpc) is 3.30. The van der Waals surface area contributed by atoms with Gasteiger partial charge in [0.05, 0.1) is 11.8 Å². The van der Waals surface area contributed by atoms with Crippen LogP contribution in [0.15, 0.2) is 18.2 Å². The van der Waals surface area contributed by atoms with Gasteiger partial charge < -0.3 is 19.5 Å². The lowest BCUT2D eigenvalue weighted by atomic mass is 9.81. The number of nitrogens with one attached hydrogen (secondary N) is 1. The summed E-state index contributed by atoms with van der Waals surface area (Å²) in [6.45, 7) is 1.39. The number of imide groups is 1. The fourth-order valence-corrected chi connectivity index (χ4v) is 4.19. The Morgan fingerprint density at radius 2 is 1.80 bits per heavy atom. The van der Waals surface area contributed by atoms with Gasteiger partial charge in [0.25, 0.3) is 5.91 Å². The van der Waals surface area contributed by atoms with Gasteiger partial charge in [-0.2, -0.15) is 0 Å². The number of benzene rings is 1. The van der Waals surface area contributed by atoms with E-state index < -0.39 is 24.5 Å². The Bertz CT molecular complexity index is 860. The molecule has 3 atom stereocenters. The summed E-state index contributed by atoms with van der Waals surface area (Å²) in [5, 5.41) is 2.69. The molecule has 4 rings (SSSR count). The van der Waals surface area contributed by atoms with Gasteiger partial charge in [-0.1, -0.05) is 18.9 Å². The number of carbonyl (C=O) groups is 4. The Balaban J connectivity index is 1.26. The normalized spacial score (nSPS) is 23.2. The van der Waals surface area contributed by atoms with Crippen LogP contribution in [-0.4, -0.2) is 48.0 Å². The van der Waals surface area contributed by atoms with Crippen molar-refractivity contribution >= 4 is 23.7 Å². The predicted octanol–water partition coefficient (Wildman–Crippen LogP) is 1.14. The summed E-state index contributed by atoms with van der Waals surface area (Å²) in [7, 11) is 0. The minimum Gasteiger partial charge on any atom is -0.454 e. The number of fused-ring (bicyclic) bond motifs is 2. The molecule has 9 heteroatoms. The molecule has 2 heterocycles. The van der Waals surface area contributed by atoms with E-state index in [0.717, 1.165) is 23.3 Å². The van der Waals surface area contributed by atoms with Crippen LogP contribution in [0, 0.1) is 11.8 Å². The summed E-state index contributed by atoms with van der Waals surface area (Å²) in [6, 6.07) is 5.33. The Morgan fingerprint density at radius 1 is 1.13 bits per heavy atom. The minimum atomic E-state index is -1.05. The monoisotopic (exact) mass is 416 g/mol. The first kappa shape index (κ1) is 20.2. The van der Waals surface area contributed by atoms with Crippen molar-refractivity contribution in [2.24, 2.45) is 11.8 Å². The standard InChI is InChI=1S/C21H24N2O7/c1-12(19(25)22-9-13-6-7-16-17(8-13)29-11-28-16)30-18(24)10-23-20(26)14-4-2-3-5-15(14)21(23)27/h6-8,12,14-15H,2-5,9-11H2,1H3,(H,22,25)/t12-,14-,15+/m1/s1. The van der Waals surface area contributed by atoms with Gasteiger partial charge in [-0.05, 0) is 37.5 Å². The molecule has 30 heavy (non-hydrogen) atoms. The van der Waals surface area contributed by atoms with Crippen molar-refractivity contribution in [2.45, 2.75) is 45.3 Å². The largest absolute Gasteiger partial charge is 0.454 e. The number of amides is 3. The van der Waals surface area contributed by atoms with Gasteiger partial charge in [-0.25, -0.2) is 0 Å². The number of likely N-dealkylation sites (tertiary alicyclic amines) is 1. The van der Waals surface area contributed by atoms with Crippen LogP contribution in [0.2, 0.25) is 0 Å². The van der Waals surface area contributed by atoms with Gasteiger partial charge in [0.15, 0.2) is 17.6 Å². The average molecular weight is 416 g/mol. The topological polar surface area (TPSA) is 111 Å². The van der Waals surface area contributed by atoms with Crippen molar-refractivity contribution in [2.75, 3.05) is 13.3 Å². The van der Waals surface area contributed by atoms with Crippen molar-refractivity contribution in [3.63, 3.8) is 0 Å². The summed E-state index contributed by atoms with van der Waals surface area (Å²) < 4.78 is 15.7. The molecule has 1 aliphatic carbocycles. The lowest BCUT2D eigenvalue weighted by molar-refractivity contribution is -0.159. The van der Waals surface area contributed by atoms with E-state index in [2.05, 4.69) is 5.32 Å². The third kappa shape index (κ3) is 3.96. The molecule has 0 radical (unpaired) electrons. The van der Waals surface area contributed by atoms with Crippen LogP contribution < -0.4 is 14.8 Å². The van der Waals surface area contributed by atoms with E-state index in [4.69, 9.17) is 14.2 Å². The van der Waals surface area contributed by atoms with Gasteiger partial charge in [-0.3, -0.25) is 24.1 Å². The van der Waals surface area contributed by atoms with Crippen molar-refractivity contribution in [3.8, 4) is 11.5 Å². The molecule has 160 valence electrons. The zero-order chi connectivity index (χ0) is 21.3. The first-order valence-electron chi connectivity index (χ1n) is 10.1. The SMILES string of the molecule is C[C@@H](OC(=O)CN1C(=O)[C@H]2CCCC[C@H]2C1=O)C(=O)NCc1ccc2c(c1)OCO2. The Kier molecular flexibility index (Phi) is 5.61. The molecule has 0 bridgehead atoms. The summed E-state index contributed by atoms with van der Waals surface area (Å²) in [5.74, 6) is -1.24. The zero-order valence-electron chi connectivity index (χ0n) is 16.7. The van der Waals surface area contributed by atoms with E-state index in [-0.39, 0.29) is 37.0 Å². The molecule has 1 N–H and O–H groups in total. The van der Waals surface area contributed by atoms with Gasteiger partial charge in [0, 0.05) is 6.54 Å². The highest BCUT2D eigenvalue weighted by Gasteiger charge is 2.48. The highest BCUT2D eigenvalue weighted by Crippen LogP contribution is 2.38. The second-order valence-corrected chi connectivity index (χ2v) is 7.80. The van der Waals surface area contributed by atoms with Gasteiger partial charge >= 0.3 is 5.97 Å². The molecule has 0 unspecified atom stereocenters. The number of hydrogen-bond donors (Lipinski definition) is 1. The minimum absolute atomic E-state index is 0.168. The van der Waals surface area contributed by atoms with Gasteiger partial charge in [0.1, 0.15) is 6.54 Å². The predicted molar refractivity (Wildman–Crippen MR) is 102 cm³/mol. The van der Waals surface area contributed by atoms with Crippen LogP contribution in [-0.2, 0) is 30.5 Å². The Labute approximate surface area is 173 Å². The first-order chi connectivity index (χ1) is 14.4. The van der Waals surface area contributed by atoms with E-state index in [9.17, 15) is 19.2 Å². The first-order valence-corrected chi connectivity index (χ1v) is 10.1. The quantitative estimate of drug-likeness (QED) is 0.547. The second-order valence-electron chi connectivity index (χ2n) is 7.80. The van der Waals surface area contributed by atoms with E-state index >= 15 is 0 Å². The fraction of sp³-hybridized carbons (Fsp3) is 0.524. The van der Waals surface area contributed by atoms with Crippen LogP contribution in [0.4, 0.5) is 0 Å². The van der Waals surface area contributed by atoms with Gasteiger partial charge in [-0.15, -0.1) is 0 Å². The fourth-order valence-electron chi connectivity index (χ4n) is 4.19. The summed E-state index contributed by atoms with van der Waals surface area (Å²) >= 11 is 0. The van der Waals surface area contributed by atoms with E-state index in [1.807, 2.05) is 0 Å². The van der Waals surface area contributed by atoms with Crippen LogP contribution >= 0.6 is 0 Å².